The summed E-state index contributed by atoms with van der Waals surface area (Å²) >= 11 is 1.54. The van der Waals surface area contributed by atoms with E-state index in [0.29, 0.717) is 42.0 Å². The molecule has 0 aliphatic rings. The van der Waals surface area contributed by atoms with Gasteiger partial charge in [0.15, 0.2) is 6.10 Å². The van der Waals surface area contributed by atoms with Crippen LogP contribution < -0.4 is 10.2 Å². The van der Waals surface area contributed by atoms with Crippen molar-refractivity contribution in [3.05, 3.63) is 65.1 Å². The average molecular weight is 459 g/mol. The summed E-state index contributed by atoms with van der Waals surface area (Å²) in [6, 6.07) is 11.0. The van der Waals surface area contributed by atoms with E-state index in [9.17, 15) is 9.90 Å². The summed E-state index contributed by atoms with van der Waals surface area (Å²) in [6.07, 6.45) is 0.912. The molecule has 1 unspecified atom stereocenters. The van der Waals surface area contributed by atoms with E-state index in [4.69, 9.17) is 18.7 Å². The van der Waals surface area contributed by atoms with Crippen molar-refractivity contribution in [2.75, 3.05) is 13.2 Å². The van der Waals surface area contributed by atoms with E-state index in [-0.39, 0.29) is 6.42 Å². The first-order valence-electron chi connectivity index (χ1n) is 10.2. The van der Waals surface area contributed by atoms with Gasteiger partial charge in [-0.1, -0.05) is 18.2 Å². The first-order valence-corrected chi connectivity index (χ1v) is 11.1. The zero-order chi connectivity index (χ0) is 22.9. The number of rotatable bonds is 12. The Bertz CT molecular complexity index is 1030. The van der Waals surface area contributed by atoms with Crippen LogP contribution >= 0.6 is 11.3 Å². The molecule has 0 radical (unpaired) electrons. The highest BCUT2D eigenvalue weighted by Gasteiger charge is 2.18. The normalized spacial score (nSPS) is 12.5. The number of carboxylic acid groups (broad SMARTS) is 1. The predicted molar refractivity (Wildman–Crippen MR) is 121 cm³/mol. The molecule has 0 aliphatic carbocycles. The van der Waals surface area contributed by atoms with Crippen molar-refractivity contribution < 1.29 is 28.6 Å². The Kier molecular flexibility index (Phi) is 8.43. The van der Waals surface area contributed by atoms with E-state index < -0.39 is 12.1 Å². The number of oxazole rings is 1. The van der Waals surface area contributed by atoms with E-state index >= 15 is 0 Å². The Labute approximate surface area is 190 Å². The molecule has 3 aromatic rings. The molecule has 2 heterocycles. The monoisotopic (exact) mass is 458 g/mol. The summed E-state index contributed by atoms with van der Waals surface area (Å²) in [4.78, 5) is 22.1. The van der Waals surface area contributed by atoms with Gasteiger partial charge in [0.2, 0.25) is 5.89 Å². The number of carbonyl (C=O) groups is 1. The summed E-state index contributed by atoms with van der Waals surface area (Å²) in [5, 5.41) is 11.2. The van der Waals surface area contributed by atoms with Gasteiger partial charge in [0.25, 0.3) is 0 Å². The van der Waals surface area contributed by atoms with E-state index in [1.807, 2.05) is 43.5 Å². The Hall–Kier alpha value is -3.14. The maximum Gasteiger partial charge on any atom is 0.333 e. The lowest BCUT2D eigenvalue weighted by Crippen LogP contribution is -2.26. The van der Waals surface area contributed by atoms with Gasteiger partial charge in [-0.25, -0.2) is 9.78 Å². The molecule has 0 fully saturated rings. The smallest absolute Gasteiger partial charge is 0.333 e. The first-order chi connectivity index (χ1) is 15.5. The lowest BCUT2D eigenvalue weighted by molar-refractivity contribution is -0.149. The van der Waals surface area contributed by atoms with Crippen LogP contribution in [0.25, 0.3) is 16.5 Å². The van der Waals surface area contributed by atoms with Crippen LogP contribution in [0.2, 0.25) is 0 Å². The van der Waals surface area contributed by atoms with E-state index in [1.165, 1.54) is 6.26 Å². The lowest BCUT2D eigenvalue weighted by Gasteiger charge is -2.12. The summed E-state index contributed by atoms with van der Waals surface area (Å²) in [5.41, 5.74) is 4.79. The fourth-order valence-corrected chi connectivity index (χ4v) is 3.54. The topological polar surface area (TPSA) is 103 Å². The van der Waals surface area contributed by atoms with E-state index in [2.05, 4.69) is 10.5 Å². The minimum atomic E-state index is -0.980. The highest BCUT2D eigenvalue weighted by atomic mass is 32.1. The van der Waals surface area contributed by atoms with E-state index in [0.717, 1.165) is 10.4 Å². The number of nitrogens with one attached hydrogen (secondary N) is 1. The molecule has 0 aliphatic heterocycles. The van der Waals surface area contributed by atoms with Gasteiger partial charge >= 0.3 is 5.97 Å². The maximum absolute atomic E-state index is 11.3. The van der Waals surface area contributed by atoms with Crippen LogP contribution in [0.3, 0.4) is 0 Å². The molecule has 0 saturated heterocycles. The number of hydrogen-bond donors (Lipinski definition) is 2. The fraction of sp³-hybridized carbons (Fsp3) is 0.304. The zero-order valence-corrected chi connectivity index (χ0v) is 19.0. The second kappa shape index (κ2) is 11.5. The van der Waals surface area contributed by atoms with Crippen LogP contribution in [0.4, 0.5) is 0 Å². The third kappa shape index (κ3) is 6.19. The molecule has 32 heavy (non-hydrogen) atoms. The molecule has 3 rings (SSSR count). The minimum absolute atomic E-state index is 0.278. The summed E-state index contributed by atoms with van der Waals surface area (Å²) in [6.45, 7) is 6.25. The van der Waals surface area contributed by atoms with Crippen LogP contribution in [0, 0.1) is 6.92 Å². The van der Waals surface area contributed by atoms with Gasteiger partial charge in [-0.3, -0.25) is 10.3 Å². The molecule has 2 N–H and O–H groups in total. The van der Waals surface area contributed by atoms with Crippen molar-refractivity contribution in [2.24, 2.45) is 0 Å². The van der Waals surface area contributed by atoms with E-state index in [1.54, 1.807) is 30.4 Å². The average Bonchev–Trinajstić information content (AvgIpc) is 3.44. The number of carboxylic acids is 1. The van der Waals surface area contributed by atoms with Crippen molar-refractivity contribution in [3.8, 4) is 16.5 Å². The number of hydroxylamine groups is 1. The highest BCUT2D eigenvalue weighted by Crippen LogP contribution is 2.28. The molecule has 2 aromatic heterocycles. The van der Waals surface area contributed by atoms with Gasteiger partial charge in [0.05, 0.1) is 11.5 Å². The summed E-state index contributed by atoms with van der Waals surface area (Å²) < 4.78 is 16.9. The summed E-state index contributed by atoms with van der Waals surface area (Å²) in [7, 11) is 0. The Morgan fingerprint density at radius 2 is 2.03 bits per heavy atom. The Balaban J connectivity index is 1.75. The lowest BCUT2D eigenvalue weighted by atomic mass is 10.1. The molecule has 9 heteroatoms. The molecule has 1 aromatic carbocycles. The van der Waals surface area contributed by atoms with Gasteiger partial charge in [-0.2, -0.15) is 0 Å². The number of hydrogen-bond acceptors (Lipinski definition) is 8. The molecule has 0 bridgehead atoms. The standard InChI is InChI=1S/C23H26N2O6S/c1-4-28-19(23(26)27)13-16-8-10-17(11-9-16)29-14-18(25-30-5-2)21-15(3)31-22(24-21)20-7-6-12-32-20/h6-12,14,19,25H,4-5,13H2,1-3H3,(H,26,27). The number of aromatic nitrogens is 1. The van der Waals surface area contributed by atoms with Gasteiger partial charge in [-0.15, -0.1) is 11.3 Å². The Morgan fingerprint density at radius 1 is 1.25 bits per heavy atom. The van der Waals surface area contributed by atoms with Crippen molar-refractivity contribution in [2.45, 2.75) is 33.3 Å². The van der Waals surface area contributed by atoms with Crippen LogP contribution in [0.5, 0.6) is 5.75 Å². The van der Waals surface area contributed by atoms with Gasteiger partial charge < -0.3 is 19.0 Å². The SMILES string of the molecule is CCONC(=COc1ccc(CC(OCC)C(=O)O)cc1)c1nc(-c2cccs2)oc1C. The fourth-order valence-electron chi connectivity index (χ4n) is 2.89. The quantitative estimate of drug-likeness (QED) is 0.298. The molecule has 0 spiro atoms. The molecule has 0 saturated carbocycles. The van der Waals surface area contributed by atoms with Gasteiger partial charge in [0, 0.05) is 13.0 Å². The van der Waals surface area contributed by atoms with Gasteiger partial charge in [-0.05, 0) is 49.9 Å². The minimum Gasteiger partial charge on any atom is -0.479 e. The number of nitrogens with zero attached hydrogens (tertiary/aromatic N) is 1. The van der Waals surface area contributed by atoms with Crippen molar-refractivity contribution in [1.82, 2.24) is 10.5 Å². The number of aryl methyl sites for hydroxylation is 1. The van der Waals surface area contributed by atoms with Crippen molar-refractivity contribution in [3.63, 3.8) is 0 Å². The molecular formula is C23H26N2O6S. The second-order valence-corrected chi connectivity index (χ2v) is 7.66. The second-order valence-electron chi connectivity index (χ2n) is 6.72. The first kappa shape index (κ1) is 23.5. The summed E-state index contributed by atoms with van der Waals surface area (Å²) in [5.74, 6) is 0.754. The van der Waals surface area contributed by atoms with Crippen LogP contribution in [0.1, 0.15) is 30.9 Å². The number of benzene rings is 1. The number of thiophene rings is 1. The van der Waals surface area contributed by atoms with Crippen molar-refractivity contribution >= 4 is 23.0 Å². The molecule has 170 valence electrons. The molecule has 1 atom stereocenters. The molecule has 0 amide bonds. The van der Waals surface area contributed by atoms with Gasteiger partial charge in [0.1, 0.15) is 29.2 Å². The van der Waals surface area contributed by atoms with Crippen molar-refractivity contribution in [1.29, 1.82) is 0 Å². The number of ether oxygens (including phenoxy) is 2. The number of aliphatic carboxylic acids is 1. The Morgan fingerprint density at radius 3 is 2.66 bits per heavy atom. The maximum atomic E-state index is 11.3. The van der Waals surface area contributed by atoms with Crippen LogP contribution in [-0.4, -0.2) is 35.4 Å². The largest absolute Gasteiger partial charge is 0.479 e. The zero-order valence-electron chi connectivity index (χ0n) is 18.2. The molecular weight excluding hydrogens is 432 g/mol. The highest BCUT2D eigenvalue weighted by molar-refractivity contribution is 7.13. The van der Waals surface area contributed by atoms with Crippen LogP contribution in [0.15, 0.2) is 52.5 Å². The van der Waals surface area contributed by atoms with Crippen LogP contribution in [-0.2, 0) is 20.8 Å². The third-order valence-electron chi connectivity index (χ3n) is 4.41. The molecule has 8 nitrogen and oxygen atoms in total. The third-order valence-corrected chi connectivity index (χ3v) is 5.27. The predicted octanol–water partition coefficient (Wildman–Crippen LogP) is 4.66.